The van der Waals surface area contributed by atoms with Crippen molar-refractivity contribution in [2.75, 3.05) is 0 Å². The van der Waals surface area contributed by atoms with Crippen molar-refractivity contribution in [3.05, 3.63) is 35.9 Å². The Morgan fingerprint density at radius 1 is 1.21 bits per heavy atom. The molecule has 0 fully saturated rings. The Kier molecular flexibility index (Phi) is 8.72. The number of aliphatic carboxylic acids is 1. The maximum absolute atomic E-state index is 11.6. The predicted molar refractivity (Wildman–Crippen MR) is 66.5 cm³/mol. The second kappa shape index (κ2) is 9.13. The summed E-state index contributed by atoms with van der Waals surface area (Å²) in [6, 6.07) is 8.19. The zero-order valence-corrected chi connectivity index (χ0v) is 13.7. The Labute approximate surface area is 135 Å². The summed E-state index contributed by atoms with van der Waals surface area (Å²) >= 11 is 0. The number of hydrogen-bond donors (Lipinski definition) is 1. The topological polar surface area (TPSA) is 69.2 Å². The van der Waals surface area contributed by atoms with Crippen molar-refractivity contribution >= 4 is 11.9 Å². The van der Waals surface area contributed by atoms with Crippen LogP contribution in [0.15, 0.2) is 30.3 Å². The van der Waals surface area contributed by atoms with Crippen molar-refractivity contribution in [3.63, 3.8) is 0 Å². The van der Waals surface area contributed by atoms with Crippen LogP contribution in [0.3, 0.4) is 0 Å². The van der Waals surface area contributed by atoms with E-state index in [4.69, 9.17) is 0 Å². The summed E-state index contributed by atoms with van der Waals surface area (Å²) < 4.78 is 0. The van der Waals surface area contributed by atoms with Crippen LogP contribution < -0.4 is 40.0 Å². The normalized spacial score (nSPS) is 11.5. The molecular weight excluding hydrogens is 253 g/mol. The monoisotopic (exact) mass is 271 g/mol. The number of amides is 1. The number of rotatable bonds is 6. The molecule has 0 aliphatic heterocycles. The second-order valence-electron chi connectivity index (χ2n) is 4.73. The van der Waals surface area contributed by atoms with Gasteiger partial charge in [0, 0.05) is 6.42 Å². The Bertz CT molecular complexity index is 406. The van der Waals surface area contributed by atoms with Gasteiger partial charge in [-0.05, 0) is 17.9 Å². The predicted octanol–water partition coefficient (Wildman–Crippen LogP) is -2.49. The van der Waals surface area contributed by atoms with Gasteiger partial charge >= 0.3 is 29.6 Å². The maximum atomic E-state index is 11.6. The standard InChI is InChI=1S/C14H19NO3.Na/c1-10(2)8-13(16)15-12(14(17)18)9-11-6-4-3-5-7-11;/h3-7,10,12H,8-9H2,1-2H3,(H,15,16)(H,17,18);/q;+1/p-1. The van der Waals surface area contributed by atoms with E-state index in [-0.39, 0.29) is 47.8 Å². The Hall–Kier alpha value is -0.840. The Morgan fingerprint density at radius 2 is 1.79 bits per heavy atom. The number of nitrogens with one attached hydrogen (secondary N) is 1. The van der Waals surface area contributed by atoms with Crippen LogP contribution in [0.25, 0.3) is 0 Å². The number of hydrogen-bond acceptors (Lipinski definition) is 3. The van der Waals surface area contributed by atoms with Crippen LogP contribution in [-0.4, -0.2) is 17.9 Å². The van der Waals surface area contributed by atoms with Crippen molar-refractivity contribution in [2.24, 2.45) is 5.92 Å². The fourth-order valence-electron chi connectivity index (χ4n) is 1.67. The van der Waals surface area contributed by atoms with Crippen LogP contribution in [0.2, 0.25) is 0 Å². The third kappa shape index (κ3) is 7.35. The van der Waals surface area contributed by atoms with Gasteiger partial charge in [-0.2, -0.15) is 0 Å². The van der Waals surface area contributed by atoms with E-state index < -0.39 is 12.0 Å². The molecule has 0 aliphatic carbocycles. The molecule has 0 spiro atoms. The zero-order valence-electron chi connectivity index (χ0n) is 11.7. The third-order valence-electron chi connectivity index (χ3n) is 2.50. The molecule has 0 aliphatic rings. The van der Waals surface area contributed by atoms with E-state index in [0.29, 0.717) is 6.42 Å². The molecule has 1 unspecified atom stereocenters. The average molecular weight is 271 g/mol. The molecule has 1 N–H and O–H groups in total. The van der Waals surface area contributed by atoms with Gasteiger partial charge in [-0.15, -0.1) is 0 Å². The van der Waals surface area contributed by atoms with Gasteiger partial charge in [0.05, 0.1) is 12.0 Å². The van der Waals surface area contributed by atoms with Crippen LogP contribution in [0.1, 0.15) is 25.8 Å². The minimum atomic E-state index is -1.25. The van der Waals surface area contributed by atoms with Crippen molar-refractivity contribution in [1.29, 1.82) is 0 Å². The Morgan fingerprint density at radius 3 is 2.26 bits per heavy atom. The fraction of sp³-hybridized carbons (Fsp3) is 0.429. The van der Waals surface area contributed by atoms with Crippen LogP contribution in [-0.2, 0) is 16.0 Å². The maximum Gasteiger partial charge on any atom is 1.00 e. The summed E-state index contributed by atoms with van der Waals surface area (Å²) in [6.07, 6.45) is 0.561. The fourth-order valence-corrected chi connectivity index (χ4v) is 1.67. The summed E-state index contributed by atoms with van der Waals surface area (Å²) in [5, 5.41) is 13.5. The van der Waals surface area contributed by atoms with E-state index in [2.05, 4.69) is 5.32 Å². The summed E-state index contributed by atoms with van der Waals surface area (Å²) in [4.78, 5) is 22.6. The van der Waals surface area contributed by atoms with E-state index >= 15 is 0 Å². The molecule has 0 heterocycles. The van der Waals surface area contributed by atoms with E-state index in [1.807, 2.05) is 44.2 Å². The largest absolute Gasteiger partial charge is 1.00 e. The number of carbonyl (C=O) groups excluding carboxylic acids is 2. The van der Waals surface area contributed by atoms with E-state index in [1.54, 1.807) is 0 Å². The SMILES string of the molecule is CC(C)CC(=O)NC(Cc1ccccc1)C(=O)[O-].[Na+]. The van der Waals surface area contributed by atoms with E-state index in [1.165, 1.54) is 0 Å². The summed E-state index contributed by atoms with van der Waals surface area (Å²) in [6.45, 7) is 3.82. The number of carbonyl (C=O) groups is 2. The van der Waals surface area contributed by atoms with Crippen LogP contribution in [0.5, 0.6) is 0 Å². The van der Waals surface area contributed by atoms with Crippen LogP contribution in [0, 0.1) is 5.92 Å². The molecule has 0 saturated carbocycles. The summed E-state index contributed by atoms with van der Waals surface area (Å²) in [5.74, 6) is -1.31. The minimum Gasteiger partial charge on any atom is -0.548 e. The van der Waals surface area contributed by atoms with Gasteiger partial charge in [-0.1, -0.05) is 44.2 Å². The molecule has 5 heteroatoms. The van der Waals surface area contributed by atoms with Crippen LogP contribution >= 0.6 is 0 Å². The Balaban J connectivity index is 0.00000324. The smallest absolute Gasteiger partial charge is 0.548 e. The molecule has 98 valence electrons. The molecule has 0 saturated heterocycles. The van der Waals surface area contributed by atoms with Gasteiger partial charge in [-0.25, -0.2) is 0 Å². The molecule has 19 heavy (non-hydrogen) atoms. The molecule has 0 aromatic heterocycles. The van der Waals surface area contributed by atoms with Gasteiger partial charge < -0.3 is 15.2 Å². The first kappa shape index (κ1) is 18.2. The van der Waals surface area contributed by atoms with Crippen LogP contribution in [0.4, 0.5) is 0 Å². The van der Waals surface area contributed by atoms with Gasteiger partial charge in [0.25, 0.3) is 0 Å². The molecule has 1 aromatic rings. The molecule has 0 radical (unpaired) electrons. The van der Waals surface area contributed by atoms with Gasteiger partial charge in [0.2, 0.25) is 5.91 Å². The van der Waals surface area contributed by atoms with Gasteiger partial charge in [-0.3, -0.25) is 4.79 Å². The van der Waals surface area contributed by atoms with Crippen molar-refractivity contribution < 1.29 is 44.3 Å². The number of benzene rings is 1. The summed E-state index contributed by atoms with van der Waals surface area (Å²) in [5.41, 5.74) is 0.858. The molecule has 4 nitrogen and oxygen atoms in total. The first-order valence-corrected chi connectivity index (χ1v) is 6.03. The van der Waals surface area contributed by atoms with Crippen molar-refractivity contribution in [3.8, 4) is 0 Å². The molecule has 1 aromatic carbocycles. The summed E-state index contributed by atoms with van der Waals surface area (Å²) in [7, 11) is 0. The third-order valence-corrected chi connectivity index (χ3v) is 2.50. The average Bonchev–Trinajstić information content (AvgIpc) is 2.28. The second-order valence-corrected chi connectivity index (χ2v) is 4.73. The zero-order chi connectivity index (χ0) is 13.5. The van der Waals surface area contributed by atoms with Gasteiger partial charge in [0.1, 0.15) is 0 Å². The van der Waals surface area contributed by atoms with Gasteiger partial charge in [0.15, 0.2) is 0 Å². The van der Waals surface area contributed by atoms with E-state index in [9.17, 15) is 14.7 Å². The molecule has 0 bridgehead atoms. The molecule has 1 atom stereocenters. The first-order chi connectivity index (χ1) is 8.49. The van der Waals surface area contributed by atoms with E-state index in [0.717, 1.165) is 5.56 Å². The minimum absolute atomic E-state index is 0. The van der Waals surface area contributed by atoms with Crippen molar-refractivity contribution in [2.45, 2.75) is 32.7 Å². The van der Waals surface area contributed by atoms with Crippen molar-refractivity contribution in [1.82, 2.24) is 5.32 Å². The molecule has 1 rings (SSSR count). The molecule has 1 amide bonds. The molecular formula is C14H18NNaO3. The number of carboxylic acids is 1. The quantitative estimate of drug-likeness (QED) is 0.582. The first-order valence-electron chi connectivity index (χ1n) is 6.03. The number of carboxylic acid groups (broad SMARTS) is 1.